The number of aryl methyl sites for hydroxylation is 2. The SMILES string of the molecule is COc1ccc(CNC2CCN(c3nc(C)c4cc(C)c(F)cc4n3)CC2)cc1OC. The number of halogens is 1. The second kappa shape index (κ2) is 9.06. The zero-order valence-electron chi connectivity index (χ0n) is 18.5. The topological polar surface area (TPSA) is 59.5 Å². The van der Waals surface area contributed by atoms with E-state index in [9.17, 15) is 4.39 Å². The first-order chi connectivity index (χ1) is 15.0. The van der Waals surface area contributed by atoms with Crippen molar-refractivity contribution in [2.45, 2.75) is 39.3 Å². The fraction of sp³-hybridized carbons (Fsp3) is 0.417. The number of piperidine rings is 1. The molecular weight excluding hydrogens is 395 g/mol. The summed E-state index contributed by atoms with van der Waals surface area (Å²) in [6, 6.07) is 9.76. The molecule has 0 unspecified atom stereocenters. The zero-order valence-corrected chi connectivity index (χ0v) is 18.5. The van der Waals surface area contributed by atoms with E-state index in [4.69, 9.17) is 14.5 Å². The largest absolute Gasteiger partial charge is 0.493 e. The van der Waals surface area contributed by atoms with Gasteiger partial charge >= 0.3 is 0 Å². The van der Waals surface area contributed by atoms with E-state index in [2.05, 4.69) is 21.3 Å². The highest BCUT2D eigenvalue weighted by Crippen LogP contribution is 2.28. The number of methoxy groups -OCH3 is 2. The maximum Gasteiger partial charge on any atom is 0.226 e. The molecule has 0 bridgehead atoms. The predicted octanol–water partition coefficient (Wildman–Crippen LogP) is 4.16. The van der Waals surface area contributed by atoms with Crippen molar-refractivity contribution in [3.8, 4) is 11.5 Å². The smallest absolute Gasteiger partial charge is 0.226 e. The molecule has 2 heterocycles. The van der Waals surface area contributed by atoms with Crippen LogP contribution in [0.1, 0.15) is 29.7 Å². The van der Waals surface area contributed by atoms with Gasteiger partial charge in [-0.05, 0) is 56.0 Å². The molecule has 0 amide bonds. The quantitative estimate of drug-likeness (QED) is 0.641. The van der Waals surface area contributed by atoms with Gasteiger partial charge in [-0.15, -0.1) is 0 Å². The first-order valence-corrected chi connectivity index (χ1v) is 10.6. The van der Waals surface area contributed by atoms with E-state index in [0.29, 0.717) is 23.1 Å². The van der Waals surface area contributed by atoms with Gasteiger partial charge in [-0.3, -0.25) is 0 Å². The Labute approximate surface area is 182 Å². The van der Waals surface area contributed by atoms with Crippen LogP contribution in [0.2, 0.25) is 0 Å². The third-order valence-electron chi connectivity index (χ3n) is 5.98. The molecule has 4 rings (SSSR count). The highest BCUT2D eigenvalue weighted by Gasteiger charge is 2.22. The average molecular weight is 425 g/mol. The van der Waals surface area contributed by atoms with Gasteiger partial charge in [0.25, 0.3) is 0 Å². The van der Waals surface area contributed by atoms with Crippen LogP contribution < -0.4 is 19.7 Å². The number of nitrogens with one attached hydrogen (secondary N) is 1. The van der Waals surface area contributed by atoms with Gasteiger partial charge in [0, 0.05) is 37.1 Å². The van der Waals surface area contributed by atoms with Gasteiger partial charge in [-0.2, -0.15) is 0 Å². The molecule has 1 aliphatic rings. The second-order valence-corrected chi connectivity index (χ2v) is 8.06. The summed E-state index contributed by atoms with van der Waals surface area (Å²) in [4.78, 5) is 11.5. The summed E-state index contributed by atoms with van der Waals surface area (Å²) in [5.74, 6) is 1.94. The van der Waals surface area contributed by atoms with E-state index < -0.39 is 0 Å². The first kappa shape index (κ1) is 21.3. The van der Waals surface area contributed by atoms with Crippen molar-refractivity contribution in [1.29, 1.82) is 0 Å². The molecule has 0 saturated carbocycles. The molecule has 6 nitrogen and oxygen atoms in total. The molecular formula is C24H29FN4O2. The van der Waals surface area contributed by atoms with Crippen LogP contribution in [0.4, 0.5) is 10.3 Å². The minimum atomic E-state index is -0.227. The Kier molecular flexibility index (Phi) is 6.23. The standard InChI is InChI=1S/C24H29FN4O2/c1-15-11-19-16(2)27-24(28-21(19)13-20(15)25)29-9-7-18(8-10-29)26-14-17-5-6-22(30-3)23(12-17)31-4/h5-6,11-13,18,26H,7-10,14H2,1-4H3. The molecule has 1 aromatic heterocycles. The highest BCUT2D eigenvalue weighted by atomic mass is 19.1. The lowest BCUT2D eigenvalue weighted by Gasteiger charge is -2.32. The number of aromatic nitrogens is 2. The lowest BCUT2D eigenvalue weighted by atomic mass is 10.0. The van der Waals surface area contributed by atoms with Gasteiger partial charge < -0.3 is 19.7 Å². The Balaban J connectivity index is 1.38. The van der Waals surface area contributed by atoms with Crippen molar-refractivity contribution >= 4 is 16.9 Å². The summed E-state index contributed by atoms with van der Waals surface area (Å²) in [7, 11) is 3.29. The third kappa shape index (κ3) is 4.56. The van der Waals surface area contributed by atoms with Crippen LogP contribution in [0, 0.1) is 19.7 Å². The van der Waals surface area contributed by atoms with Crippen LogP contribution >= 0.6 is 0 Å². The maximum atomic E-state index is 14.0. The number of rotatable bonds is 6. The molecule has 1 fully saturated rings. The molecule has 31 heavy (non-hydrogen) atoms. The van der Waals surface area contributed by atoms with Crippen molar-refractivity contribution in [3.05, 3.63) is 53.0 Å². The maximum absolute atomic E-state index is 14.0. The van der Waals surface area contributed by atoms with Crippen molar-refractivity contribution in [2.75, 3.05) is 32.2 Å². The van der Waals surface area contributed by atoms with Gasteiger partial charge in [-0.1, -0.05) is 6.07 Å². The van der Waals surface area contributed by atoms with Gasteiger partial charge in [0.2, 0.25) is 5.95 Å². The summed E-state index contributed by atoms with van der Waals surface area (Å²) in [6.07, 6.45) is 1.99. The lowest BCUT2D eigenvalue weighted by Crippen LogP contribution is -2.43. The second-order valence-electron chi connectivity index (χ2n) is 8.06. The average Bonchev–Trinajstić information content (AvgIpc) is 2.79. The molecule has 0 aliphatic carbocycles. The van der Waals surface area contributed by atoms with Gasteiger partial charge in [-0.25, -0.2) is 14.4 Å². The number of hydrogen-bond acceptors (Lipinski definition) is 6. The summed E-state index contributed by atoms with van der Waals surface area (Å²) in [5, 5.41) is 4.55. The number of fused-ring (bicyclic) bond motifs is 1. The number of hydrogen-bond donors (Lipinski definition) is 1. The summed E-state index contributed by atoms with van der Waals surface area (Å²) in [5.41, 5.74) is 3.33. The lowest BCUT2D eigenvalue weighted by molar-refractivity contribution is 0.354. The van der Waals surface area contributed by atoms with Gasteiger partial charge in [0.1, 0.15) is 5.82 Å². The molecule has 0 atom stereocenters. The molecule has 1 N–H and O–H groups in total. The third-order valence-corrected chi connectivity index (χ3v) is 5.98. The predicted molar refractivity (Wildman–Crippen MR) is 121 cm³/mol. The van der Waals surface area contributed by atoms with Crippen molar-refractivity contribution in [3.63, 3.8) is 0 Å². The molecule has 2 aromatic carbocycles. The number of benzene rings is 2. The molecule has 0 spiro atoms. The van der Waals surface area contributed by atoms with Crippen LogP contribution in [0.5, 0.6) is 11.5 Å². The first-order valence-electron chi connectivity index (χ1n) is 10.6. The summed E-state index contributed by atoms with van der Waals surface area (Å²) in [6.45, 7) is 6.23. The molecule has 164 valence electrons. The Morgan fingerprint density at radius 2 is 1.77 bits per heavy atom. The van der Waals surface area contributed by atoms with E-state index in [-0.39, 0.29) is 5.82 Å². The fourth-order valence-corrected chi connectivity index (χ4v) is 4.07. The molecule has 0 radical (unpaired) electrons. The number of anilines is 1. The van der Waals surface area contributed by atoms with Crippen LogP contribution in [0.25, 0.3) is 10.9 Å². The van der Waals surface area contributed by atoms with Crippen LogP contribution in [-0.4, -0.2) is 43.3 Å². The van der Waals surface area contributed by atoms with Crippen LogP contribution in [0.3, 0.4) is 0 Å². The van der Waals surface area contributed by atoms with E-state index in [1.165, 1.54) is 6.07 Å². The fourth-order valence-electron chi connectivity index (χ4n) is 4.07. The monoisotopic (exact) mass is 424 g/mol. The van der Waals surface area contributed by atoms with Crippen LogP contribution in [0.15, 0.2) is 30.3 Å². The minimum Gasteiger partial charge on any atom is -0.493 e. The summed E-state index contributed by atoms with van der Waals surface area (Å²) >= 11 is 0. The Morgan fingerprint density at radius 1 is 1.03 bits per heavy atom. The van der Waals surface area contributed by atoms with Crippen molar-refractivity contribution in [1.82, 2.24) is 15.3 Å². The van der Waals surface area contributed by atoms with E-state index in [1.54, 1.807) is 21.1 Å². The summed E-state index contributed by atoms with van der Waals surface area (Å²) < 4.78 is 24.7. The van der Waals surface area contributed by atoms with Gasteiger partial charge in [0.05, 0.1) is 25.4 Å². The minimum absolute atomic E-state index is 0.227. The van der Waals surface area contributed by atoms with Crippen molar-refractivity contribution < 1.29 is 13.9 Å². The Hall–Kier alpha value is -2.93. The normalized spacial score (nSPS) is 14.8. The van der Waals surface area contributed by atoms with E-state index >= 15 is 0 Å². The van der Waals surface area contributed by atoms with E-state index in [0.717, 1.165) is 60.6 Å². The van der Waals surface area contributed by atoms with Crippen molar-refractivity contribution in [2.24, 2.45) is 0 Å². The molecule has 1 aliphatic heterocycles. The highest BCUT2D eigenvalue weighted by molar-refractivity contribution is 5.82. The van der Waals surface area contributed by atoms with Gasteiger partial charge in [0.15, 0.2) is 11.5 Å². The number of ether oxygens (including phenoxy) is 2. The van der Waals surface area contributed by atoms with E-state index in [1.807, 2.05) is 25.1 Å². The molecule has 3 aromatic rings. The number of nitrogens with zero attached hydrogens (tertiary/aromatic N) is 3. The molecule has 1 saturated heterocycles. The molecule has 7 heteroatoms. The Morgan fingerprint density at radius 3 is 2.48 bits per heavy atom. The Bertz CT molecular complexity index is 1080. The van der Waals surface area contributed by atoms with Crippen LogP contribution in [-0.2, 0) is 6.54 Å². The zero-order chi connectivity index (χ0) is 22.0.